The van der Waals surface area contributed by atoms with Gasteiger partial charge in [0.1, 0.15) is 0 Å². The highest BCUT2D eigenvalue weighted by atomic mass is 79.9. The van der Waals surface area contributed by atoms with Crippen LogP contribution >= 0.6 is 15.9 Å². The molecule has 0 saturated heterocycles. The summed E-state index contributed by atoms with van der Waals surface area (Å²) < 4.78 is 6.12. The van der Waals surface area contributed by atoms with E-state index in [1.807, 2.05) is 36.4 Å². The zero-order valence-corrected chi connectivity index (χ0v) is 12.5. The summed E-state index contributed by atoms with van der Waals surface area (Å²) in [6, 6.07) is 14.7. The molecule has 0 aliphatic heterocycles. The van der Waals surface area contributed by atoms with Crippen molar-refractivity contribution in [2.75, 3.05) is 5.32 Å². The van der Waals surface area contributed by atoms with Gasteiger partial charge >= 0.3 is 0 Å². The van der Waals surface area contributed by atoms with Gasteiger partial charge in [-0.1, -0.05) is 34.1 Å². The molecule has 21 heavy (non-hydrogen) atoms. The minimum absolute atomic E-state index is 0.161. The van der Waals surface area contributed by atoms with E-state index in [9.17, 15) is 4.79 Å². The van der Waals surface area contributed by atoms with Crippen molar-refractivity contribution >= 4 is 27.5 Å². The van der Waals surface area contributed by atoms with Gasteiger partial charge in [0.2, 0.25) is 0 Å². The first-order valence-electron chi connectivity index (χ1n) is 6.28. The van der Waals surface area contributed by atoms with Crippen LogP contribution < -0.4 is 5.32 Å². The van der Waals surface area contributed by atoms with Gasteiger partial charge in [-0.2, -0.15) is 0 Å². The Kier molecular flexibility index (Phi) is 3.83. The number of hydrogen-bond donors (Lipinski definition) is 1. The Morgan fingerprint density at radius 2 is 2.00 bits per heavy atom. The molecule has 1 heterocycles. The standard InChI is InChI=1S/C16H11BrN2O2/c17-13-5-1-4-12(7-13)16(20)19-14-6-2-3-11(8-14)15-9-18-10-21-15/h1-10H,(H,19,20). The van der Waals surface area contributed by atoms with E-state index in [2.05, 4.69) is 26.2 Å². The largest absolute Gasteiger partial charge is 0.444 e. The van der Waals surface area contributed by atoms with E-state index in [1.165, 1.54) is 6.39 Å². The summed E-state index contributed by atoms with van der Waals surface area (Å²) in [6.45, 7) is 0. The van der Waals surface area contributed by atoms with Crippen LogP contribution in [-0.4, -0.2) is 10.9 Å². The van der Waals surface area contributed by atoms with Gasteiger partial charge in [0.25, 0.3) is 5.91 Å². The molecule has 104 valence electrons. The maximum Gasteiger partial charge on any atom is 0.255 e. The summed E-state index contributed by atoms with van der Waals surface area (Å²) in [6.07, 6.45) is 3.01. The maximum absolute atomic E-state index is 12.2. The summed E-state index contributed by atoms with van der Waals surface area (Å²) >= 11 is 3.35. The van der Waals surface area contributed by atoms with Crippen molar-refractivity contribution in [3.8, 4) is 11.3 Å². The fourth-order valence-electron chi connectivity index (χ4n) is 1.94. The molecule has 4 nitrogen and oxygen atoms in total. The molecule has 0 aliphatic carbocycles. The molecule has 0 spiro atoms. The van der Waals surface area contributed by atoms with Crippen molar-refractivity contribution in [2.45, 2.75) is 0 Å². The SMILES string of the molecule is O=C(Nc1cccc(-c2cnco2)c1)c1cccc(Br)c1. The number of amides is 1. The quantitative estimate of drug-likeness (QED) is 0.769. The first kappa shape index (κ1) is 13.6. The average Bonchev–Trinajstić information content (AvgIpc) is 3.02. The molecule has 2 aromatic carbocycles. The topological polar surface area (TPSA) is 55.1 Å². The monoisotopic (exact) mass is 342 g/mol. The van der Waals surface area contributed by atoms with Crippen LogP contribution in [0.4, 0.5) is 5.69 Å². The maximum atomic E-state index is 12.2. The third-order valence-corrected chi connectivity index (χ3v) is 3.42. The second kappa shape index (κ2) is 5.93. The number of hydrogen-bond acceptors (Lipinski definition) is 3. The van der Waals surface area contributed by atoms with Gasteiger partial charge in [0.15, 0.2) is 12.2 Å². The average molecular weight is 343 g/mol. The number of nitrogens with one attached hydrogen (secondary N) is 1. The molecule has 1 aromatic heterocycles. The highest BCUT2D eigenvalue weighted by Gasteiger charge is 2.08. The summed E-state index contributed by atoms with van der Waals surface area (Å²) in [5.41, 5.74) is 2.16. The number of halogens is 1. The summed E-state index contributed by atoms with van der Waals surface area (Å²) in [5, 5.41) is 2.87. The van der Waals surface area contributed by atoms with E-state index in [-0.39, 0.29) is 5.91 Å². The molecular weight excluding hydrogens is 332 g/mol. The summed E-state index contributed by atoms with van der Waals surface area (Å²) in [7, 11) is 0. The van der Waals surface area contributed by atoms with E-state index >= 15 is 0 Å². The van der Waals surface area contributed by atoms with Crippen molar-refractivity contribution < 1.29 is 9.21 Å². The first-order valence-corrected chi connectivity index (χ1v) is 7.07. The molecular formula is C16H11BrN2O2. The van der Waals surface area contributed by atoms with Crippen LogP contribution in [0, 0.1) is 0 Å². The smallest absolute Gasteiger partial charge is 0.255 e. The van der Waals surface area contributed by atoms with Crippen LogP contribution in [0.5, 0.6) is 0 Å². The third-order valence-electron chi connectivity index (χ3n) is 2.92. The molecule has 0 bridgehead atoms. The van der Waals surface area contributed by atoms with Crippen molar-refractivity contribution in [1.82, 2.24) is 4.98 Å². The van der Waals surface area contributed by atoms with Crippen LogP contribution in [0.1, 0.15) is 10.4 Å². The second-order valence-electron chi connectivity index (χ2n) is 4.41. The number of carbonyl (C=O) groups is 1. The van der Waals surface area contributed by atoms with Gasteiger partial charge in [-0.15, -0.1) is 0 Å². The number of aromatic nitrogens is 1. The fourth-order valence-corrected chi connectivity index (χ4v) is 2.34. The lowest BCUT2D eigenvalue weighted by Gasteiger charge is -2.06. The van der Waals surface area contributed by atoms with Crippen LogP contribution in [0.15, 0.2) is 70.0 Å². The predicted molar refractivity (Wildman–Crippen MR) is 84.0 cm³/mol. The van der Waals surface area contributed by atoms with E-state index in [1.54, 1.807) is 18.3 Å². The second-order valence-corrected chi connectivity index (χ2v) is 5.33. The molecule has 5 heteroatoms. The summed E-state index contributed by atoms with van der Waals surface area (Å²) in [4.78, 5) is 16.1. The Bertz CT molecular complexity index is 769. The molecule has 1 N–H and O–H groups in total. The molecule has 0 radical (unpaired) electrons. The summed E-state index contributed by atoms with van der Waals surface area (Å²) in [5.74, 6) is 0.500. The van der Waals surface area contributed by atoms with E-state index in [0.29, 0.717) is 17.0 Å². The molecule has 0 aliphatic rings. The van der Waals surface area contributed by atoms with Gasteiger partial charge in [-0.25, -0.2) is 4.98 Å². The number of nitrogens with zero attached hydrogens (tertiary/aromatic N) is 1. The van der Waals surface area contributed by atoms with E-state index < -0.39 is 0 Å². The lowest BCUT2D eigenvalue weighted by molar-refractivity contribution is 0.102. The van der Waals surface area contributed by atoms with Gasteiger partial charge in [0, 0.05) is 21.3 Å². The molecule has 3 aromatic rings. The number of carbonyl (C=O) groups excluding carboxylic acids is 1. The van der Waals surface area contributed by atoms with Gasteiger partial charge in [-0.3, -0.25) is 4.79 Å². The van der Waals surface area contributed by atoms with Crippen LogP contribution in [-0.2, 0) is 0 Å². The molecule has 3 rings (SSSR count). The molecule has 0 unspecified atom stereocenters. The highest BCUT2D eigenvalue weighted by Crippen LogP contribution is 2.22. The number of oxazole rings is 1. The van der Waals surface area contributed by atoms with E-state index in [0.717, 1.165) is 10.0 Å². The lowest BCUT2D eigenvalue weighted by Crippen LogP contribution is -2.11. The number of benzene rings is 2. The van der Waals surface area contributed by atoms with Gasteiger partial charge < -0.3 is 9.73 Å². The first-order chi connectivity index (χ1) is 10.2. The normalized spacial score (nSPS) is 10.3. The van der Waals surface area contributed by atoms with Crippen LogP contribution in [0.3, 0.4) is 0 Å². The fraction of sp³-hybridized carbons (Fsp3) is 0. The van der Waals surface area contributed by atoms with Crippen molar-refractivity contribution in [1.29, 1.82) is 0 Å². The Labute approximate surface area is 130 Å². The predicted octanol–water partition coefficient (Wildman–Crippen LogP) is 4.36. The van der Waals surface area contributed by atoms with Crippen LogP contribution in [0.25, 0.3) is 11.3 Å². The van der Waals surface area contributed by atoms with Crippen molar-refractivity contribution in [2.24, 2.45) is 0 Å². The molecule has 1 amide bonds. The Morgan fingerprint density at radius 3 is 2.76 bits per heavy atom. The highest BCUT2D eigenvalue weighted by molar-refractivity contribution is 9.10. The lowest BCUT2D eigenvalue weighted by atomic mass is 10.1. The third kappa shape index (κ3) is 3.20. The zero-order valence-electron chi connectivity index (χ0n) is 10.9. The number of anilines is 1. The Balaban J connectivity index is 1.82. The number of rotatable bonds is 3. The van der Waals surface area contributed by atoms with Crippen molar-refractivity contribution in [3.05, 3.63) is 71.2 Å². The van der Waals surface area contributed by atoms with Gasteiger partial charge in [0.05, 0.1) is 6.20 Å². The van der Waals surface area contributed by atoms with Crippen molar-refractivity contribution in [3.63, 3.8) is 0 Å². The van der Waals surface area contributed by atoms with Crippen LogP contribution in [0.2, 0.25) is 0 Å². The van der Waals surface area contributed by atoms with E-state index in [4.69, 9.17) is 4.42 Å². The minimum Gasteiger partial charge on any atom is -0.444 e. The molecule has 0 fully saturated rings. The zero-order chi connectivity index (χ0) is 14.7. The Morgan fingerprint density at radius 1 is 1.14 bits per heavy atom. The molecule has 0 saturated carbocycles. The minimum atomic E-state index is -0.161. The molecule has 0 atom stereocenters. The Hall–Kier alpha value is -2.40. The van der Waals surface area contributed by atoms with Gasteiger partial charge in [-0.05, 0) is 30.3 Å².